The number of ether oxygens (including phenoxy) is 1. The maximum Gasteiger partial charge on any atom is 0.123 e. The number of nitrogens with zero attached hydrogens (tertiary/aromatic N) is 1. The molecule has 1 fully saturated rings. The van der Waals surface area contributed by atoms with E-state index in [-0.39, 0.29) is 5.60 Å². The molecule has 0 aromatic carbocycles. The van der Waals surface area contributed by atoms with Crippen LogP contribution >= 0.6 is 0 Å². The summed E-state index contributed by atoms with van der Waals surface area (Å²) in [5.74, 6) is 0.589. The summed E-state index contributed by atoms with van der Waals surface area (Å²) in [5, 5.41) is 3.66. The van der Waals surface area contributed by atoms with Gasteiger partial charge in [0.25, 0.3) is 0 Å². The Kier molecular flexibility index (Phi) is 5.38. The molecule has 2 atom stereocenters. The van der Waals surface area contributed by atoms with E-state index in [1.165, 1.54) is 18.4 Å². The average molecular weight is 277 g/mol. The van der Waals surface area contributed by atoms with Crippen molar-refractivity contribution in [1.82, 2.24) is 10.3 Å². The largest absolute Gasteiger partial charge is 0.384 e. The van der Waals surface area contributed by atoms with Crippen molar-refractivity contribution < 1.29 is 4.74 Å². The standard InChI is InChI=1S/C16H27N3O/c1-3-8-18-14(16(2)7-4-5-10-20-16)11-13-6-9-19-15(17)12-13/h6,9,12,14,18H,3-5,7-8,10-11H2,1-2H3,(H2,17,19). The molecule has 0 radical (unpaired) electrons. The smallest absolute Gasteiger partial charge is 0.123 e. The third-order valence-electron chi connectivity index (χ3n) is 4.16. The number of nitrogen functional groups attached to an aromatic ring is 1. The lowest BCUT2D eigenvalue weighted by Gasteiger charge is -2.41. The topological polar surface area (TPSA) is 60.2 Å². The zero-order valence-corrected chi connectivity index (χ0v) is 12.7. The summed E-state index contributed by atoms with van der Waals surface area (Å²) in [4.78, 5) is 4.07. The number of nitrogens with one attached hydrogen (secondary N) is 1. The highest BCUT2D eigenvalue weighted by molar-refractivity contribution is 5.32. The second-order valence-electron chi connectivity index (χ2n) is 5.92. The second kappa shape index (κ2) is 7.04. The normalized spacial score (nSPS) is 24.5. The fourth-order valence-electron chi connectivity index (χ4n) is 2.91. The second-order valence-corrected chi connectivity index (χ2v) is 5.92. The first-order valence-corrected chi connectivity index (χ1v) is 7.72. The molecule has 4 heteroatoms. The van der Waals surface area contributed by atoms with E-state index in [0.717, 1.165) is 32.4 Å². The number of anilines is 1. The van der Waals surface area contributed by atoms with Gasteiger partial charge >= 0.3 is 0 Å². The van der Waals surface area contributed by atoms with Crippen LogP contribution in [0.2, 0.25) is 0 Å². The van der Waals surface area contributed by atoms with E-state index in [1.807, 2.05) is 12.1 Å². The zero-order chi connectivity index (χ0) is 14.4. The van der Waals surface area contributed by atoms with Crippen LogP contribution in [0.4, 0.5) is 5.82 Å². The number of nitrogens with two attached hydrogens (primary N) is 1. The minimum Gasteiger partial charge on any atom is -0.384 e. The fourth-order valence-corrected chi connectivity index (χ4v) is 2.91. The van der Waals surface area contributed by atoms with Crippen molar-refractivity contribution in [3.8, 4) is 0 Å². The molecule has 0 aliphatic carbocycles. The molecule has 0 saturated carbocycles. The summed E-state index contributed by atoms with van der Waals surface area (Å²) < 4.78 is 6.12. The molecule has 2 rings (SSSR count). The molecule has 20 heavy (non-hydrogen) atoms. The van der Waals surface area contributed by atoms with Crippen LogP contribution in [0.25, 0.3) is 0 Å². The molecule has 2 unspecified atom stereocenters. The van der Waals surface area contributed by atoms with Crippen molar-refractivity contribution in [3.05, 3.63) is 23.9 Å². The van der Waals surface area contributed by atoms with E-state index in [1.54, 1.807) is 6.20 Å². The van der Waals surface area contributed by atoms with Crippen molar-refractivity contribution in [1.29, 1.82) is 0 Å². The molecule has 0 amide bonds. The summed E-state index contributed by atoms with van der Waals surface area (Å²) in [7, 11) is 0. The van der Waals surface area contributed by atoms with Crippen LogP contribution in [-0.2, 0) is 11.2 Å². The highest BCUT2D eigenvalue weighted by Crippen LogP contribution is 2.29. The zero-order valence-electron chi connectivity index (χ0n) is 12.7. The van der Waals surface area contributed by atoms with Gasteiger partial charge in [0, 0.05) is 18.8 Å². The lowest BCUT2D eigenvalue weighted by Crippen LogP contribution is -2.53. The number of rotatable bonds is 6. The molecule has 1 aliphatic rings. The van der Waals surface area contributed by atoms with Gasteiger partial charge in [0.15, 0.2) is 0 Å². The van der Waals surface area contributed by atoms with Gasteiger partial charge in [-0.3, -0.25) is 0 Å². The van der Waals surface area contributed by atoms with Crippen molar-refractivity contribution in [2.75, 3.05) is 18.9 Å². The molecule has 1 saturated heterocycles. The maximum atomic E-state index is 6.12. The van der Waals surface area contributed by atoms with Crippen molar-refractivity contribution >= 4 is 5.82 Å². The Labute approximate surface area is 122 Å². The lowest BCUT2D eigenvalue weighted by atomic mass is 9.84. The summed E-state index contributed by atoms with van der Waals surface area (Å²) in [5.41, 5.74) is 6.93. The van der Waals surface area contributed by atoms with Crippen LogP contribution in [0.15, 0.2) is 18.3 Å². The summed E-state index contributed by atoms with van der Waals surface area (Å²) >= 11 is 0. The monoisotopic (exact) mass is 277 g/mol. The molecular formula is C16H27N3O. The SMILES string of the molecule is CCCNC(Cc1ccnc(N)c1)C1(C)CCCCO1. The van der Waals surface area contributed by atoms with Gasteiger partial charge in [-0.25, -0.2) is 4.98 Å². The fraction of sp³-hybridized carbons (Fsp3) is 0.688. The summed E-state index contributed by atoms with van der Waals surface area (Å²) in [6, 6.07) is 4.33. The van der Waals surface area contributed by atoms with Gasteiger partial charge in [0.05, 0.1) is 5.60 Å². The summed E-state index contributed by atoms with van der Waals surface area (Å²) in [6.45, 7) is 6.33. The molecule has 1 aromatic rings. The molecule has 3 N–H and O–H groups in total. The first-order chi connectivity index (χ1) is 9.64. The third-order valence-corrected chi connectivity index (χ3v) is 4.16. The Bertz CT molecular complexity index is 416. The number of hydrogen-bond acceptors (Lipinski definition) is 4. The van der Waals surface area contributed by atoms with Gasteiger partial charge in [-0.15, -0.1) is 0 Å². The van der Waals surface area contributed by atoms with E-state index in [2.05, 4.69) is 24.1 Å². The molecule has 112 valence electrons. The number of aromatic nitrogens is 1. The maximum absolute atomic E-state index is 6.12. The van der Waals surface area contributed by atoms with E-state index >= 15 is 0 Å². The highest BCUT2D eigenvalue weighted by atomic mass is 16.5. The first-order valence-electron chi connectivity index (χ1n) is 7.72. The molecular weight excluding hydrogens is 250 g/mol. The molecule has 4 nitrogen and oxygen atoms in total. The first kappa shape index (κ1) is 15.3. The molecule has 0 spiro atoms. The van der Waals surface area contributed by atoms with Crippen molar-refractivity contribution in [2.24, 2.45) is 0 Å². The minimum absolute atomic E-state index is 0.0779. The Morgan fingerprint density at radius 2 is 2.35 bits per heavy atom. The molecule has 1 aliphatic heterocycles. The Balaban J connectivity index is 2.10. The van der Waals surface area contributed by atoms with E-state index in [9.17, 15) is 0 Å². The van der Waals surface area contributed by atoms with Crippen LogP contribution in [-0.4, -0.2) is 29.8 Å². The minimum atomic E-state index is -0.0779. The van der Waals surface area contributed by atoms with Crippen LogP contribution in [0.3, 0.4) is 0 Å². The quantitative estimate of drug-likeness (QED) is 0.839. The highest BCUT2D eigenvalue weighted by Gasteiger charge is 2.36. The van der Waals surface area contributed by atoms with Gasteiger partial charge in [0.1, 0.15) is 5.82 Å². The van der Waals surface area contributed by atoms with Crippen LogP contribution in [0.5, 0.6) is 0 Å². The van der Waals surface area contributed by atoms with E-state index in [0.29, 0.717) is 11.9 Å². The predicted octanol–water partition coefficient (Wildman–Crippen LogP) is 2.53. The van der Waals surface area contributed by atoms with Gasteiger partial charge in [-0.1, -0.05) is 6.92 Å². The van der Waals surface area contributed by atoms with Gasteiger partial charge in [-0.2, -0.15) is 0 Å². The third kappa shape index (κ3) is 3.93. The average Bonchev–Trinajstić information content (AvgIpc) is 2.44. The Morgan fingerprint density at radius 1 is 1.50 bits per heavy atom. The van der Waals surface area contributed by atoms with Crippen LogP contribution < -0.4 is 11.1 Å². The Hall–Kier alpha value is -1.13. The summed E-state index contributed by atoms with van der Waals surface area (Å²) in [6.07, 6.45) is 7.40. The molecule has 1 aromatic heterocycles. The Morgan fingerprint density at radius 3 is 3.00 bits per heavy atom. The van der Waals surface area contributed by atoms with Gasteiger partial charge in [0.2, 0.25) is 0 Å². The predicted molar refractivity (Wildman–Crippen MR) is 82.6 cm³/mol. The lowest BCUT2D eigenvalue weighted by molar-refractivity contribution is -0.0883. The van der Waals surface area contributed by atoms with E-state index in [4.69, 9.17) is 10.5 Å². The van der Waals surface area contributed by atoms with Crippen molar-refractivity contribution in [2.45, 2.75) is 57.6 Å². The van der Waals surface area contributed by atoms with Crippen LogP contribution in [0, 0.1) is 0 Å². The van der Waals surface area contributed by atoms with Gasteiger partial charge in [-0.05, 0) is 63.3 Å². The van der Waals surface area contributed by atoms with Crippen molar-refractivity contribution in [3.63, 3.8) is 0 Å². The number of hydrogen-bond donors (Lipinski definition) is 2. The van der Waals surface area contributed by atoms with E-state index < -0.39 is 0 Å². The molecule has 0 bridgehead atoms. The van der Waals surface area contributed by atoms with Gasteiger partial charge < -0.3 is 15.8 Å². The molecule has 2 heterocycles. The van der Waals surface area contributed by atoms with Crippen LogP contribution in [0.1, 0.15) is 45.1 Å². The number of pyridine rings is 1.